The van der Waals surface area contributed by atoms with E-state index in [-0.39, 0.29) is 29.3 Å². The first kappa shape index (κ1) is 24.4. The first-order valence-electron chi connectivity index (χ1n) is 10.8. The normalized spacial score (nSPS) is 19.3. The lowest BCUT2D eigenvalue weighted by Crippen LogP contribution is -2.53. The Bertz CT molecular complexity index is 1210. The molecule has 1 fully saturated rings. The number of urea groups is 1. The molecule has 0 aliphatic carbocycles. The quantitative estimate of drug-likeness (QED) is 0.608. The average Bonchev–Trinajstić information content (AvgIpc) is 3.33. The second-order valence-electron chi connectivity index (χ2n) is 8.18. The highest BCUT2D eigenvalue weighted by Crippen LogP contribution is 2.41. The predicted molar refractivity (Wildman–Crippen MR) is 119 cm³/mol. The van der Waals surface area contributed by atoms with Crippen molar-refractivity contribution in [1.82, 2.24) is 4.90 Å². The van der Waals surface area contributed by atoms with E-state index in [0.717, 1.165) is 17.0 Å². The van der Waals surface area contributed by atoms with Gasteiger partial charge in [-0.05, 0) is 49.7 Å². The number of carbonyl (C=O) groups is 2. The summed E-state index contributed by atoms with van der Waals surface area (Å²) in [5.74, 6) is -0.348. The van der Waals surface area contributed by atoms with E-state index < -0.39 is 30.1 Å². The number of anilines is 1. The molecule has 182 valence electrons. The Labute approximate surface area is 199 Å². The first-order valence-corrected chi connectivity index (χ1v) is 10.8. The lowest BCUT2D eigenvalue weighted by molar-refractivity contribution is -0.137. The lowest BCUT2D eigenvalue weighted by atomic mass is 9.90. The molecule has 7 nitrogen and oxygen atoms in total. The van der Waals surface area contributed by atoms with Crippen molar-refractivity contribution in [2.45, 2.75) is 32.4 Å². The lowest BCUT2D eigenvalue weighted by Gasteiger charge is -2.43. The fraction of sp³-hybridized carbons (Fsp3) is 0.320. The Morgan fingerprint density at radius 2 is 1.80 bits per heavy atom. The standard InChI is InChI=1S/C25H22F3N3O4/c1-15-22(16(2)32)23(18-8-6-17(13-29)7-9-18)30(14-21-34-10-11-35-21)24(33)31(15)20-5-3-4-19(12-20)25(26,27)28/h3-9,12,21,23H,10-11,14H2,1-2H3. The number of amides is 2. The van der Waals surface area contributed by atoms with Crippen LogP contribution in [0, 0.1) is 11.3 Å². The average molecular weight is 485 g/mol. The van der Waals surface area contributed by atoms with Crippen molar-refractivity contribution in [3.63, 3.8) is 0 Å². The second kappa shape index (κ2) is 9.52. The Hall–Kier alpha value is -3.68. The molecule has 0 saturated carbocycles. The molecule has 1 saturated heterocycles. The van der Waals surface area contributed by atoms with E-state index in [2.05, 4.69) is 0 Å². The van der Waals surface area contributed by atoms with Crippen LogP contribution in [-0.4, -0.2) is 42.8 Å². The summed E-state index contributed by atoms with van der Waals surface area (Å²) in [4.78, 5) is 29.2. The van der Waals surface area contributed by atoms with Crippen molar-refractivity contribution in [1.29, 1.82) is 5.26 Å². The van der Waals surface area contributed by atoms with Crippen LogP contribution in [0.1, 0.15) is 36.6 Å². The van der Waals surface area contributed by atoms with Crippen molar-refractivity contribution in [2.24, 2.45) is 0 Å². The molecule has 2 aromatic rings. The molecule has 2 aromatic carbocycles. The highest BCUT2D eigenvalue weighted by molar-refractivity contribution is 6.04. The Balaban J connectivity index is 1.88. The van der Waals surface area contributed by atoms with E-state index in [1.54, 1.807) is 24.3 Å². The summed E-state index contributed by atoms with van der Waals surface area (Å²) in [6.45, 7) is 3.49. The molecule has 35 heavy (non-hydrogen) atoms. The summed E-state index contributed by atoms with van der Waals surface area (Å²) < 4.78 is 51.2. The number of nitriles is 1. The van der Waals surface area contributed by atoms with Gasteiger partial charge in [0.15, 0.2) is 12.1 Å². The number of allylic oxidation sites excluding steroid dienone is 1. The van der Waals surface area contributed by atoms with E-state index in [9.17, 15) is 22.8 Å². The van der Waals surface area contributed by atoms with Gasteiger partial charge in [-0.25, -0.2) is 4.79 Å². The number of ketones is 1. The summed E-state index contributed by atoms with van der Waals surface area (Å²) in [5.41, 5.74) is 0.510. The summed E-state index contributed by atoms with van der Waals surface area (Å²) in [7, 11) is 0. The number of ether oxygens (including phenoxy) is 2. The van der Waals surface area contributed by atoms with Crippen molar-refractivity contribution >= 4 is 17.5 Å². The molecular formula is C25H22F3N3O4. The molecule has 1 unspecified atom stereocenters. The number of carbonyl (C=O) groups excluding carboxylic acids is 2. The van der Waals surface area contributed by atoms with Crippen LogP contribution in [0.4, 0.5) is 23.7 Å². The number of halogens is 3. The summed E-state index contributed by atoms with van der Waals surface area (Å²) >= 11 is 0. The summed E-state index contributed by atoms with van der Waals surface area (Å²) in [6, 6.07) is 11.4. The molecule has 10 heteroatoms. The fourth-order valence-corrected chi connectivity index (χ4v) is 4.37. The minimum atomic E-state index is -4.61. The first-order chi connectivity index (χ1) is 16.6. The van der Waals surface area contributed by atoms with Crippen LogP contribution in [0.2, 0.25) is 0 Å². The highest BCUT2D eigenvalue weighted by atomic mass is 19.4. The maximum atomic E-state index is 13.8. The van der Waals surface area contributed by atoms with Gasteiger partial charge in [-0.3, -0.25) is 9.69 Å². The van der Waals surface area contributed by atoms with Crippen LogP contribution in [0.3, 0.4) is 0 Å². The molecular weight excluding hydrogens is 463 g/mol. The van der Waals surface area contributed by atoms with Crippen molar-refractivity contribution in [2.75, 3.05) is 24.7 Å². The van der Waals surface area contributed by atoms with Gasteiger partial charge in [0, 0.05) is 11.3 Å². The number of Topliss-reactive ketones (excluding diaryl/α,β-unsaturated/α-hetero) is 1. The third-order valence-electron chi connectivity index (χ3n) is 5.95. The zero-order chi connectivity index (χ0) is 25.3. The number of hydrogen-bond donors (Lipinski definition) is 0. The highest BCUT2D eigenvalue weighted by Gasteiger charge is 2.43. The molecule has 4 rings (SSSR count). The van der Waals surface area contributed by atoms with E-state index in [4.69, 9.17) is 14.7 Å². The topological polar surface area (TPSA) is 82.9 Å². The fourth-order valence-electron chi connectivity index (χ4n) is 4.37. The number of hydrogen-bond acceptors (Lipinski definition) is 5. The van der Waals surface area contributed by atoms with Crippen LogP contribution >= 0.6 is 0 Å². The van der Waals surface area contributed by atoms with Gasteiger partial charge in [0.1, 0.15) is 0 Å². The zero-order valence-corrected chi connectivity index (χ0v) is 19.0. The van der Waals surface area contributed by atoms with Crippen LogP contribution < -0.4 is 4.90 Å². The zero-order valence-electron chi connectivity index (χ0n) is 19.0. The summed E-state index contributed by atoms with van der Waals surface area (Å²) in [5, 5.41) is 9.15. The maximum Gasteiger partial charge on any atom is 0.416 e. The number of nitrogens with zero attached hydrogens (tertiary/aromatic N) is 3. The van der Waals surface area contributed by atoms with Gasteiger partial charge in [0.25, 0.3) is 0 Å². The molecule has 2 amide bonds. The summed E-state index contributed by atoms with van der Waals surface area (Å²) in [6.07, 6.45) is -5.36. The molecule has 1 atom stereocenters. The molecule has 2 aliphatic rings. The van der Waals surface area contributed by atoms with E-state index in [0.29, 0.717) is 24.3 Å². The van der Waals surface area contributed by atoms with E-state index in [1.165, 1.54) is 30.9 Å². The Morgan fingerprint density at radius 3 is 2.37 bits per heavy atom. The second-order valence-corrected chi connectivity index (χ2v) is 8.18. The molecule has 0 radical (unpaired) electrons. The number of rotatable bonds is 5. The largest absolute Gasteiger partial charge is 0.416 e. The minimum Gasteiger partial charge on any atom is -0.348 e. The maximum absolute atomic E-state index is 13.8. The molecule has 0 N–H and O–H groups in total. The Morgan fingerprint density at radius 1 is 1.14 bits per heavy atom. The predicted octanol–water partition coefficient (Wildman–Crippen LogP) is 4.80. The van der Waals surface area contributed by atoms with E-state index in [1.807, 2.05) is 6.07 Å². The van der Waals surface area contributed by atoms with E-state index >= 15 is 0 Å². The van der Waals surface area contributed by atoms with Crippen LogP contribution in [-0.2, 0) is 20.4 Å². The van der Waals surface area contributed by atoms with Gasteiger partial charge < -0.3 is 14.4 Å². The smallest absolute Gasteiger partial charge is 0.348 e. The third-order valence-corrected chi connectivity index (χ3v) is 5.95. The Kier molecular flexibility index (Phi) is 6.65. The van der Waals surface area contributed by atoms with Crippen molar-refractivity contribution in [3.8, 4) is 6.07 Å². The SMILES string of the molecule is CC(=O)C1=C(C)N(c2cccc(C(F)(F)F)c2)C(=O)N(CC2OCCO2)C1c1ccc(C#N)cc1. The van der Waals surface area contributed by atoms with Gasteiger partial charge in [-0.1, -0.05) is 18.2 Å². The number of alkyl halides is 3. The van der Waals surface area contributed by atoms with Gasteiger partial charge in [-0.2, -0.15) is 18.4 Å². The molecule has 0 spiro atoms. The molecule has 2 heterocycles. The third kappa shape index (κ3) is 4.78. The van der Waals surface area contributed by atoms with Crippen molar-refractivity contribution in [3.05, 3.63) is 76.5 Å². The van der Waals surface area contributed by atoms with Crippen molar-refractivity contribution < 1.29 is 32.2 Å². The monoisotopic (exact) mass is 485 g/mol. The number of benzene rings is 2. The van der Waals surface area contributed by atoms with Gasteiger partial charge in [0.05, 0.1) is 48.7 Å². The molecule has 0 aromatic heterocycles. The minimum absolute atomic E-state index is 0.0161. The van der Waals surface area contributed by atoms with Gasteiger partial charge >= 0.3 is 12.2 Å². The van der Waals surface area contributed by atoms with Crippen LogP contribution in [0.5, 0.6) is 0 Å². The van der Waals surface area contributed by atoms with Crippen LogP contribution in [0.15, 0.2) is 59.8 Å². The molecule has 2 aliphatic heterocycles. The van der Waals surface area contributed by atoms with Crippen LogP contribution in [0.25, 0.3) is 0 Å². The molecule has 0 bridgehead atoms. The van der Waals surface area contributed by atoms with Gasteiger partial charge in [-0.15, -0.1) is 0 Å². The van der Waals surface area contributed by atoms with Gasteiger partial charge in [0.2, 0.25) is 0 Å².